The van der Waals surface area contributed by atoms with Crippen molar-refractivity contribution >= 4 is 10.9 Å². The van der Waals surface area contributed by atoms with Crippen molar-refractivity contribution in [1.29, 1.82) is 0 Å². The first-order valence-corrected chi connectivity index (χ1v) is 6.95. The summed E-state index contributed by atoms with van der Waals surface area (Å²) >= 11 is 0. The van der Waals surface area contributed by atoms with E-state index >= 15 is 0 Å². The molecular formula is C16H9F3N4O. The summed E-state index contributed by atoms with van der Waals surface area (Å²) in [6.45, 7) is 0. The molecule has 0 amide bonds. The van der Waals surface area contributed by atoms with Gasteiger partial charge in [0.25, 0.3) is 0 Å². The second kappa shape index (κ2) is 5.19. The third kappa shape index (κ3) is 2.32. The number of para-hydroxylation sites is 1. The number of hydrogen-bond donors (Lipinski definition) is 0. The van der Waals surface area contributed by atoms with Crippen molar-refractivity contribution in [2.24, 2.45) is 0 Å². The molecule has 24 heavy (non-hydrogen) atoms. The number of fused-ring (bicyclic) bond motifs is 1. The minimum atomic E-state index is -4.57. The molecule has 8 heteroatoms. The molecule has 0 atom stereocenters. The largest absolute Gasteiger partial charge is 0.463 e. The molecule has 120 valence electrons. The van der Waals surface area contributed by atoms with Gasteiger partial charge < -0.3 is 4.42 Å². The Kier molecular flexibility index (Phi) is 3.12. The number of nitrogens with zero attached hydrogens (tertiary/aromatic N) is 4. The van der Waals surface area contributed by atoms with Crippen molar-refractivity contribution in [2.75, 3.05) is 0 Å². The number of hydrogen-bond acceptors (Lipinski definition) is 4. The lowest BCUT2D eigenvalue weighted by Gasteiger charge is -2.07. The predicted molar refractivity (Wildman–Crippen MR) is 79.4 cm³/mol. The Morgan fingerprint density at radius 3 is 2.58 bits per heavy atom. The first kappa shape index (κ1) is 14.4. The number of aromatic nitrogens is 4. The lowest BCUT2D eigenvalue weighted by Crippen LogP contribution is -2.08. The molecule has 4 aromatic rings. The van der Waals surface area contributed by atoms with Crippen LogP contribution in [0.5, 0.6) is 0 Å². The fourth-order valence-electron chi connectivity index (χ4n) is 2.44. The Bertz CT molecular complexity index is 1000. The molecule has 0 saturated carbocycles. The third-order valence-electron chi connectivity index (χ3n) is 3.50. The Balaban J connectivity index is 2.02. The van der Waals surface area contributed by atoms with Crippen LogP contribution in [0.3, 0.4) is 0 Å². The van der Waals surface area contributed by atoms with Gasteiger partial charge >= 0.3 is 6.18 Å². The van der Waals surface area contributed by atoms with Gasteiger partial charge in [-0.15, -0.1) is 0 Å². The molecular weight excluding hydrogens is 321 g/mol. The summed E-state index contributed by atoms with van der Waals surface area (Å²) in [6, 6.07) is 11.1. The fourth-order valence-corrected chi connectivity index (χ4v) is 2.44. The average molecular weight is 330 g/mol. The van der Waals surface area contributed by atoms with Crippen molar-refractivity contribution in [3.63, 3.8) is 0 Å². The Morgan fingerprint density at radius 2 is 1.83 bits per heavy atom. The number of furan rings is 1. The van der Waals surface area contributed by atoms with E-state index in [2.05, 4.69) is 15.1 Å². The maximum Gasteiger partial charge on any atom is 0.435 e. The molecule has 0 aliphatic carbocycles. The second-order valence-corrected chi connectivity index (χ2v) is 5.02. The smallest absolute Gasteiger partial charge is 0.435 e. The van der Waals surface area contributed by atoms with Gasteiger partial charge in [-0.3, -0.25) is 0 Å². The number of benzene rings is 1. The van der Waals surface area contributed by atoms with Crippen molar-refractivity contribution < 1.29 is 17.6 Å². The van der Waals surface area contributed by atoms with Gasteiger partial charge in [-0.25, -0.2) is 14.6 Å². The topological polar surface area (TPSA) is 56.7 Å². The van der Waals surface area contributed by atoms with Gasteiger partial charge in [0, 0.05) is 11.5 Å². The van der Waals surface area contributed by atoms with E-state index in [1.165, 1.54) is 12.6 Å². The molecule has 0 saturated heterocycles. The lowest BCUT2D eigenvalue weighted by molar-refractivity contribution is -0.141. The Morgan fingerprint density at radius 1 is 1.00 bits per heavy atom. The Labute approximate surface area is 133 Å². The predicted octanol–water partition coefficient (Wildman–Crippen LogP) is 4.09. The molecule has 4 rings (SSSR count). The van der Waals surface area contributed by atoms with E-state index in [1.807, 2.05) is 0 Å². The molecule has 0 bridgehead atoms. The third-order valence-corrected chi connectivity index (χ3v) is 3.50. The molecule has 0 N–H and O–H groups in total. The quantitative estimate of drug-likeness (QED) is 0.555. The molecule has 3 aromatic heterocycles. The van der Waals surface area contributed by atoms with Crippen LogP contribution in [-0.2, 0) is 6.18 Å². The van der Waals surface area contributed by atoms with Gasteiger partial charge in [0.15, 0.2) is 17.3 Å². The van der Waals surface area contributed by atoms with Crippen LogP contribution in [0.2, 0.25) is 0 Å². The summed E-state index contributed by atoms with van der Waals surface area (Å²) in [5.41, 5.74) is -0.246. The summed E-state index contributed by atoms with van der Waals surface area (Å²) in [5, 5.41) is 4.29. The summed E-state index contributed by atoms with van der Waals surface area (Å²) in [5.74, 6) is 0.517. The first-order valence-electron chi connectivity index (χ1n) is 6.95. The summed E-state index contributed by atoms with van der Waals surface area (Å²) in [4.78, 5) is 8.24. The maximum atomic E-state index is 13.1. The highest BCUT2D eigenvalue weighted by molar-refractivity contribution is 5.85. The Hall–Kier alpha value is -3.16. The molecule has 1 aromatic carbocycles. The van der Waals surface area contributed by atoms with Gasteiger partial charge in [-0.1, -0.05) is 12.1 Å². The molecule has 0 fully saturated rings. The van der Waals surface area contributed by atoms with E-state index in [0.717, 1.165) is 10.7 Å². The van der Waals surface area contributed by atoms with Crippen LogP contribution in [0.4, 0.5) is 13.2 Å². The van der Waals surface area contributed by atoms with Crippen LogP contribution >= 0.6 is 0 Å². The molecule has 3 heterocycles. The van der Waals surface area contributed by atoms with E-state index < -0.39 is 11.9 Å². The molecule has 0 aliphatic heterocycles. The summed E-state index contributed by atoms with van der Waals surface area (Å²) in [6.07, 6.45) is -1.90. The highest BCUT2D eigenvalue weighted by atomic mass is 19.4. The van der Waals surface area contributed by atoms with Crippen LogP contribution in [0.1, 0.15) is 5.69 Å². The van der Waals surface area contributed by atoms with E-state index in [1.54, 1.807) is 36.4 Å². The van der Waals surface area contributed by atoms with Crippen molar-refractivity contribution in [2.45, 2.75) is 6.18 Å². The summed E-state index contributed by atoms with van der Waals surface area (Å²) in [7, 11) is 0. The van der Waals surface area contributed by atoms with Gasteiger partial charge in [0.05, 0.1) is 11.8 Å². The van der Waals surface area contributed by atoms with Gasteiger partial charge in [0.2, 0.25) is 0 Å². The van der Waals surface area contributed by atoms with E-state index in [9.17, 15) is 13.2 Å². The van der Waals surface area contributed by atoms with Crippen molar-refractivity contribution in [1.82, 2.24) is 19.7 Å². The van der Waals surface area contributed by atoms with E-state index in [0.29, 0.717) is 10.9 Å². The van der Waals surface area contributed by atoms with Crippen LogP contribution in [-0.4, -0.2) is 19.7 Å². The molecule has 0 aliphatic rings. The fraction of sp³-hybridized carbons (Fsp3) is 0.0625. The van der Waals surface area contributed by atoms with Crippen LogP contribution in [0, 0.1) is 0 Å². The highest BCUT2D eigenvalue weighted by Crippen LogP contribution is 2.34. The van der Waals surface area contributed by atoms with E-state index in [-0.39, 0.29) is 17.3 Å². The van der Waals surface area contributed by atoms with Gasteiger partial charge in [0.1, 0.15) is 12.0 Å². The van der Waals surface area contributed by atoms with Crippen LogP contribution < -0.4 is 0 Å². The molecule has 0 radical (unpaired) electrons. The van der Waals surface area contributed by atoms with Crippen LogP contribution in [0.15, 0.2) is 59.5 Å². The summed E-state index contributed by atoms with van der Waals surface area (Å²) < 4.78 is 45.7. The first-order chi connectivity index (χ1) is 11.5. The van der Waals surface area contributed by atoms with Crippen molar-refractivity contribution in [3.05, 3.63) is 60.7 Å². The molecule has 0 unspecified atom stereocenters. The molecule has 5 nitrogen and oxygen atoms in total. The normalized spacial score (nSPS) is 12.0. The second-order valence-electron chi connectivity index (χ2n) is 5.02. The minimum Gasteiger partial charge on any atom is -0.463 e. The average Bonchev–Trinajstić information content (AvgIpc) is 3.23. The SMILES string of the molecule is FC(F)(F)c1cc(-c2ccco2)n(-c2ncnc3ccccc23)n1. The zero-order valence-electron chi connectivity index (χ0n) is 12.0. The van der Waals surface area contributed by atoms with Crippen molar-refractivity contribution in [3.8, 4) is 17.3 Å². The molecule has 0 spiro atoms. The monoisotopic (exact) mass is 330 g/mol. The van der Waals surface area contributed by atoms with E-state index in [4.69, 9.17) is 4.42 Å². The zero-order valence-corrected chi connectivity index (χ0v) is 12.0. The number of halogens is 3. The zero-order chi connectivity index (χ0) is 16.7. The minimum absolute atomic E-state index is 0.163. The highest BCUT2D eigenvalue weighted by Gasteiger charge is 2.36. The number of alkyl halides is 3. The lowest BCUT2D eigenvalue weighted by atomic mass is 10.2. The van der Waals surface area contributed by atoms with Gasteiger partial charge in [-0.2, -0.15) is 18.3 Å². The van der Waals surface area contributed by atoms with Crippen LogP contribution in [0.25, 0.3) is 28.2 Å². The number of rotatable bonds is 2. The standard InChI is InChI=1S/C16H9F3N4O/c17-16(18,19)14-8-12(13-6-3-7-24-13)23(22-14)15-10-4-1-2-5-11(10)20-9-21-15/h1-9H. The van der Waals surface area contributed by atoms with Gasteiger partial charge in [-0.05, 0) is 24.3 Å². The maximum absolute atomic E-state index is 13.1.